The number of ether oxygens (including phenoxy) is 1. The molecule has 2 heterocycles. The lowest BCUT2D eigenvalue weighted by Gasteiger charge is -2.37. The molecule has 0 aromatic heterocycles. The number of anilines is 1. The second kappa shape index (κ2) is 7.31. The summed E-state index contributed by atoms with van der Waals surface area (Å²) in [5.74, 6) is -0.169. The summed E-state index contributed by atoms with van der Waals surface area (Å²) in [5, 5.41) is 11.1. The third-order valence-corrected chi connectivity index (χ3v) is 4.82. The molecule has 1 aromatic carbocycles. The van der Waals surface area contributed by atoms with E-state index in [-0.39, 0.29) is 35.7 Å². The van der Waals surface area contributed by atoms with E-state index in [1.165, 1.54) is 23.1 Å². The number of fused-ring (bicyclic) bond motifs is 1. The number of nitrogens with zero attached hydrogens (tertiary/aromatic N) is 3. The molecule has 1 unspecified atom stereocenters. The quantitative estimate of drug-likeness (QED) is 0.606. The fourth-order valence-electron chi connectivity index (χ4n) is 3.35. The molecule has 0 aliphatic carbocycles. The van der Waals surface area contributed by atoms with E-state index in [2.05, 4.69) is 0 Å². The number of hydrogen-bond donors (Lipinski definition) is 0. The molecule has 0 bridgehead atoms. The van der Waals surface area contributed by atoms with Crippen molar-refractivity contribution in [2.24, 2.45) is 5.92 Å². The lowest BCUT2D eigenvalue weighted by atomic mass is 10.0. The first-order valence-corrected chi connectivity index (χ1v) is 8.92. The number of benzene rings is 1. The van der Waals surface area contributed by atoms with Crippen molar-refractivity contribution in [1.29, 1.82) is 0 Å². The molecule has 8 nitrogen and oxygen atoms in total. The Kier molecular flexibility index (Phi) is 5.11. The Bertz CT molecular complexity index is 728. The predicted octanol–water partition coefficient (Wildman–Crippen LogP) is 2.36. The van der Waals surface area contributed by atoms with E-state index in [1.807, 2.05) is 13.8 Å². The monoisotopic (exact) mass is 361 g/mol. The number of non-ortho nitro benzene ring substituents is 1. The van der Waals surface area contributed by atoms with Crippen molar-refractivity contribution in [2.75, 3.05) is 24.5 Å². The first-order valence-electron chi connectivity index (χ1n) is 8.92. The Morgan fingerprint density at radius 3 is 2.62 bits per heavy atom. The number of likely N-dealkylation sites (tertiary alicyclic amines) is 1. The smallest absolute Gasteiger partial charge is 0.271 e. The highest BCUT2D eigenvalue weighted by Crippen LogP contribution is 2.38. The second-order valence-corrected chi connectivity index (χ2v) is 7.06. The number of amides is 2. The maximum absolute atomic E-state index is 12.9. The van der Waals surface area contributed by atoms with E-state index in [0.717, 1.165) is 19.3 Å². The maximum Gasteiger partial charge on any atom is 0.271 e. The van der Waals surface area contributed by atoms with Crippen molar-refractivity contribution < 1.29 is 19.2 Å². The van der Waals surface area contributed by atoms with E-state index >= 15 is 0 Å². The van der Waals surface area contributed by atoms with Gasteiger partial charge in [-0.25, -0.2) is 0 Å². The van der Waals surface area contributed by atoms with Crippen LogP contribution in [-0.4, -0.2) is 47.4 Å². The highest BCUT2D eigenvalue weighted by Gasteiger charge is 2.38. The number of carbonyl (C=O) groups is 2. The Balaban J connectivity index is 1.92. The normalized spacial score (nSPS) is 20.0. The predicted molar refractivity (Wildman–Crippen MR) is 95.1 cm³/mol. The Hall–Kier alpha value is -2.64. The summed E-state index contributed by atoms with van der Waals surface area (Å²) in [7, 11) is 0. The molecule has 2 aliphatic rings. The van der Waals surface area contributed by atoms with Crippen LogP contribution in [0.1, 0.15) is 33.1 Å². The summed E-state index contributed by atoms with van der Waals surface area (Å²) in [4.78, 5) is 39.2. The van der Waals surface area contributed by atoms with E-state index in [0.29, 0.717) is 18.8 Å². The summed E-state index contributed by atoms with van der Waals surface area (Å²) < 4.78 is 5.76. The van der Waals surface area contributed by atoms with Gasteiger partial charge in [-0.1, -0.05) is 13.8 Å². The molecule has 140 valence electrons. The van der Waals surface area contributed by atoms with Crippen molar-refractivity contribution in [3.63, 3.8) is 0 Å². The summed E-state index contributed by atoms with van der Waals surface area (Å²) in [6.07, 6.45) is 2.31. The average molecular weight is 361 g/mol. The highest BCUT2D eigenvalue weighted by molar-refractivity contribution is 6.04. The van der Waals surface area contributed by atoms with Crippen molar-refractivity contribution in [2.45, 2.75) is 39.2 Å². The molecule has 2 amide bonds. The number of hydrogen-bond acceptors (Lipinski definition) is 5. The lowest BCUT2D eigenvalue weighted by molar-refractivity contribution is -0.384. The second-order valence-electron chi connectivity index (χ2n) is 7.06. The van der Waals surface area contributed by atoms with Gasteiger partial charge in [0.05, 0.1) is 10.6 Å². The van der Waals surface area contributed by atoms with Crippen LogP contribution in [0.2, 0.25) is 0 Å². The fraction of sp³-hybridized carbons (Fsp3) is 0.556. The number of carbonyl (C=O) groups excluding carboxylic acids is 2. The summed E-state index contributed by atoms with van der Waals surface area (Å²) in [6, 6.07) is 4.14. The molecule has 0 spiro atoms. The minimum atomic E-state index is -0.710. The van der Waals surface area contributed by atoms with E-state index in [4.69, 9.17) is 4.74 Å². The van der Waals surface area contributed by atoms with Gasteiger partial charge in [-0.05, 0) is 31.2 Å². The van der Waals surface area contributed by atoms with E-state index < -0.39 is 11.0 Å². The van der Waals surface area contributed by atoms with E-state index in [9.17, 15) is 19.7 Å². The molecule has 2 aliphatic heterocycles. The lowest BCUT2D eigenvalue weighted by Crippen LogP contribution is -2.52. The number of piperidine rings is 1. The van der Waals surface area contributed by atoms with Gasteiger partial charge in [0.2, 0.25) is 5.91 Å². The molecule has 0 N–H and O–H groups in total. The van der Waals surface area contributed by atoms with E-state index in [1.54, 1.807) is 4.90 Å². The SMILES string of the molecule is CC(C)C1Oc2ccc([N+](=O)[O-])cc2N(CC(=O)N2CCCCC2)C1=O. The first kappa shape index (κ1) is 18.2. The van der Waals surface area contributed by atoms with Crippen LogP contribution < -0.4 is 9.64 Å². The Morgan fingerprint density at radius 2 is 2.00 bits per heavy atom. The average Bonchev–Trinajstić information content (AvgIpc) is 2.63. The molecule has 1 fully saturated rings. The highest BCUT2D eigenvalue weighted by atomic mass is 16.6. The van der Waals surface area contributed by atoms with Crippen LogP contribution in [0.5, 0.6) is 5.75 Å². The molecular formula is C18H23N3O5. The van der Waals surface area contributed by atoms with Crippen LogP contribution in [0, 0.1) is 16.0 Å². The van der Waals surface area contributed by atoms with Crippen LogP contribution in [0.15, 0.2) is 18.2 Å². The number of nitro benzene ring substituents is 1. The van der Waals surface area contributed by atoms with Gasteiger partial charge in [-0.3, -0.25) is 24.6 Å². The van der Waals surface area contributed by atoms with Gasteiger partial charge in [0.15, 0.2) is 6.10 Å². The third-order valence-electron chi connectivity index (χ3n) is 4.82. The van der Waals surface area contributed by atoms with Gasteiger partial charge < -0.3 is 9.64 Å². The summed E-state index contributed by atoms with van der Waals surface area (Å²) >= 11 is 0. The number of nitro groups is 1. The summed E-state index contributed by atoms with van der Waals surface area (Å²) in [5.41, 5.74) is 0.144. The Morgan fingerprint density at radius 1 is 1.31 bits per heavy atom. The molecule has 1 aromatic rings. The van der Waals surface area contributed by atoms with Crippen LogP contribution in [0.25, 0.3) is 0 Å². The zero-order valence-electron chi connectivity index (χ0n) is 15.0. The van der Waals surface area contributed by atoms with Gasteiger partial charge in [0.1, 0.15) is 12.3 Å². The molecule has 0 saturated carbocycles. The summed E-state index contributed by atoms with van der Waals surface area (Å²) in [6.45, 7) is 4.98. The van der Waals surface area contributed by atoms with Gasteiger partial charge in [-0.15, -0.1) is 0 Å². The van der Waals surface area contributed by atoms with Crippen LogP contribution >= 0.6 is 0 Å². The minimum Gasteiger partial charge on any atom is -0.478 e. The van der Waals surface area contributed by atoms with Gasteiger partial charge in [-0.2, -0.15) is 0 Å². The maximum atomic E-state index is 12.9. The Labute approximate surface area is 151 Å². The minimum absolute atomic E-state index is 0.0848. The first-order chi connectivity index (χ1) is 12.4. The molecular weight excluding hydrogens is 338 g/mol. The molecule has 1 saturated heterocycles. The zero-order valence-corrected chi connectivity index (χ0v) is 15.0. The fourth-order valence-corrected chi connectivity index (χ4v) is 3.35. The molecule has 3 rings (SSSR count). The zero-order chi connectivity index (χ0) is 18.8. The van der Waals surface area contributed by atoms with Gasteiger partial charge in [0.25, 0.3) is 11.6 Å². The molecule has 1 atom stereocenters. The molecule has 0 radical (unpaired) electrons. The largest absolute Gasteiger partial charge is 0.478 e. The number of rotatable bonds is 4. The van der Waals surface area contributed by atoms with Crippen LogP contribution in [0.3, 0.4) is 0 Å². The van der Waals surface area contributed by atoms with Crippen LogP contribution in [-0.2, 0) is 9.59 Å². The van der Waals surface area contributed by atoms with Crippen molar-refractivity contribution in [3.8, 4) is 5.75 Å². The van der Waals surface area contributed by atoms with Crippen molar-refractivity contribution >= 4 is 23.2 Å². The topological polar surface area (TPSA) is 93.0 Å². The van der Waals surface area contributed by atoms with Crippen molar-refractivity contribution in [1.82, 2.24) is 4.90 Å². The van der Waals surface area contributed by atoms with Crippen molar-refractivity contribution in [3.05, 3.63) is 28.3 Å². The van der Waals surface area contributed by atoms with Gasteiger partial charge in [0, 0.05) is 25.2 Å². The van der Waals surface area contributed by atoms with Gasteiger partial charge >= 0.3 is 0 Å². The third kappa shape index (κ3) is 3.49. The van der Waals surface area contributed by atoms with Crippen LogP contribution in [0.4, 0.5) is 11.4 Å². The molecule has 8 heteroatoms. The molecule has 26 heavy (non-hydrogen) atoms. The standard InChI is InChI=1S/C18H23N3O5/c1-12(2)17-18(23)20(11-16(22)19-8-4-3-5-9-19)14-10-13(21(24)25)6-7-15(14)26-17/h6-7,10,12,17H,3-5,8-9,11H2,1-2H3.